The van der Waals surface area contributed by atoms with Gasteiger partial charge in [-0.25, -0.2) is 0 Å². The van der Waals surface area contributed by atoms with Gasteiger partial charge in [-0.1, -0.05) is 30.3 Å². The molecule has 2 heterocycles. The van der Waals surface area contributed by atoms with Gasteiger partial charge in [0.05, 0.1) is 19.3 Å². The Kier molecular flexibility index (Phi) is 5.54. The zero-order chi connectivity index (χ0) is 17.0. The van der Waals surface area contributed by atoms with E-state index in [0.717, 1.165) is 38.9 Å². The fourth-order valence-corrected chi connectivity index (χ4v) is 4.23. The van der Waals surface area contributed by atoms with E-state index >= 15 is 0 Å². The molecule has 1 spiro atoms. The molecule has 0 aliphatic carbocycles. The molecule has 24 heavy (non-hydrogen) atoms. The fraction of sp³-hybridized carbons (Fsp3) is 0.632. The molecule has 132 valence electrons. The number of aliphatic hydroxyl groups excluding tert-OH is 2. The van der Waals surface area contributed by atoms with Crippen LogP contribution in [0.5, 0.6) is 0 Å². The van der Waals surface area contributed by atoms with Crippen molar-refractivity contribution < 1.29 is 15.0 Å². The first-order valence-electron chi connectivity index (χ1n) is 8.93. The van der Waals surface area contributed by atoms with E-state index in [1.54, 1.807) is 0 Å². The van der Waals surface area contributed by atoms with E-state index in [1.807, 2.05) is 23.1 Å². The second kappa shape index (κ2) is 7.64. The molecule has 3 rings (SSSR count). The first-order valence-corrected chi connectivity index (χ1v) is 8.93. The summed E-state index contributed by atoms with van der Waals surface area (Å²) in [6, 6.07) is 9.96. The summed E-state index contributed by atoms with van der Waals surface area (Å²) < 4.78 is 0. The maximum absolute atomic E-state index is 12.4. The summed E-state index contributed by atoms with van der Waals surface area (Å²) in [5.41, 5.74) is 1.27. The molecule has 0 bridgehead atoms. The van der Waals surface area contributed by atoms with Gasteiger partial charge in [0.15, 0.2) is 0 Å². The van der Waals surface area contributed by atoms with Crippen LogP contribution in [0, 0.1) is 5.41 Å². The third-order valence-electron chi connectivity index (χ3n) is 5.59. The van der Waals surface area contributed by atoms with Gasteiger partial charge >= 0.3 is 0 Å². The van der Waals surface area contributed by atoms with Crippen LogP contribution in [0.4, 0.5) is 0 Å². The van der Waals surface area contributed by atoms with Crippen LogP contribution in [-0.4, -0.2) is 64.8 Å². The molecule has 1 aromatic rings. The molecule has 1 amide bonds. The summed E-state index contributed by atoms with van der Waals surface area (Å²) in [6.07, 6.45) is 3.69. The number of carbonyl (C=O) groups excluding carboxylic acids is 1. The molecule has 1 atom stereocenters. The van der Waals surface area contributed by atoms with Crippen molar-refractivity contribution in [2.45, 2.75) is 38.3 Å². The number of nitrogens with zero attached hydrogens (tertiary/aromatic N) is 2. The third-order valence-corrected chi connectivity index (χ3v) is 5.59. The Balaban J connectivity index is 1.70. The van der Waals surface area contributed by atoms with Crippen molar-refractivity contribution >= 4 is 5.91 Å². The van der Waals surface area contributed by atoms with Gasteiger partial charge in [-0.3, -0.25) is 9.69 Å². The van der Waals surface area contributed by atoms with Crippen LogP contribution in [-0.2, 0) is 11.3 Å². The lowest BCUT2D eigenvalue weighted by atomic mass is 9.73. The van der Waals surface area contributed by atoms with E-state index in [9.17, 15) is 15.0 Å². The molecule has 0 aromatic heterocycles. The maximum atomic E-state index is 12.4. The first-order chi connectivity index (χ1) is 11.7. The minimum atomic E-state index is -0.178. The number of hydrogen-bond donors (Lipinski definition) is 2. The van der Waals surface area contributed by atoms with Crippen LogP contribution in [0.15, 0.2) is 30.3 Å². The molecule has 2 saturated heterocycles. The van der Waals surface area contributed by atoms with Crippen LogP contribution in [0.25, 0.3) is 0 Å². The molecule has 2 N–H and O–H groups in total. The predicted molar refractivity (Wildman–Crippen MR) is 92.3 cm³/mol. The number of likely N-dealkylation sites (tertiary alicyclic amines) is 2. The van der Waals surface area contributed by atoms with Crippen LogP contribution < -0.4 is 0 Å². The molecule has 0 unspecified atom stereocenters. The number of benzene rings is 1. The maximum Gasteiger partial charge on any atom is 0.222 e. The summed E-state index contributed by atoms with van der Waals surface area (Å²) >= 11 is 0. The van der Waals surface area contributed by atoms with Crippen LogP contribution in [0.1, 0.15) is 31.2 Å². The van der Waals surface area contributed by atoms with Crippen molar-refractivity contribution in [3.05, 3.63) is 35.9 Å². The van der Waals surface area contributed by atoms with Crippen molar-refractivity contribution in [2.24, 2.45) is 5.41 Å². The van der Waals surface area contributed by atoms with Crippen LogP contribution >= 0.6 is 0 Å². The molecule has 2 fully saturated rings. The minimum absolute atomic E-state index is 0.0146. The highest BCUT2D eigenvalue weighted by Crippen LogP contribution is 2.39. The fourth-order valence-electron chi connectivity index (χ4n) is 4.23. The first kappa shape index (κ1) is 17.4. The van der Waals surface area contributed by atoms with E-state index in [0.29, 0.717) is 13.0 Å². The zero-order valence-corrected chi connectivity index (χ0v) is 14.2. The highest BCUT2D eigenvalue weighted by molar-refractivity contribution is 5.77. The minimum Gasteiger partial charge on any atom is -0.395 e. The average Bonchev–Trinajstić information content (AvgIpc) is 2.61. The Morgan fingerprint density at radius 3 is 2.54 bits per heavy atom. The molecule has 5 heteroatoms. The van der Waals surface area contributed by atoms with E-state index < -0.39 is 0 Å². The van der Waals surface area contributed by atoms with Gasteiger partial charge in [-0.05, 0) is 31.4 Å². The highest BCUT2D eigenvalue weighted by Gasteiger charge is 2.42. The van der Waals surface area contributed by atoms with Gasteiger partial charge in [0.1, 0.15) is 0 Å². The largest absolute Gasteiger partial charge is 0.395 e. The Hall–Kier alpha value is -1.43. The lowest BCUT2D eigenvalue weighted by Crippen LogP contribution is -2.56. The summed E-state index contributed by atoms with van der Waals surface area (Å²) in [7, 11) is 0. The highest BCUT2D eigenvalue weighted by atomic mass is 16.3. The molecule has 2 aliphatic rings. The van der Waals surface area contributed by atoms with E-state index in [-0.39, 0.29) is 30.6 Å². The van der Waals surface area contributed by atoms with E-state index in [4.69, 9.17) is 0 Å². The van der Waals surface area contributed by atoms with Crippen LogP contribution in [0.3, 0.4) is 0 Å². The monoisotopic (exact) mass is 332 g/mol. The van der Waals surface area contributed by atoms with Gasteiger partial charge in [0, 0.05) is 31.5 Å². The molecule has 1 aromatic carbocycles. The average molecular weight is 332 g/mol. The van der Waals surface area contributed by atoms with Gasteiger partial charge in [-0.15, -0.1) is 0 Å². The Morgan fingerprint density at radius 1 is 1.08 bits per heavy atom. The van der Waals surface area contributed by atoms with Crippen molar-refractivity contribution in [1.82, 2.24) is 9.80 Å². The van der Waals surface area contributed by atoms with E-state index in [2.05, 4.69) is 17.0 Å². The molecule has 5 nitrogen and oxygen atoms in total. The number of carbonyl (C=O) groups is 1. The third kappa shape index (κ3) is 3.79. The summed E-state index contributed by atoms with van der Waals surface area (Å²) in [5, 5.41) is 19.0. The van der Waals surface area contributed by atoms with Gasteiger partial charge in [0.25, 0.3) is 0 Å². The molecule has 2 aliphatic heterocycles. The molecular weight excluding hydrogens is 304 g/mol. The Labute approximate surface area is 143 Å². The summed E-state index contributed by atoms with van der Waals surface area (Å²) in [4.78, 5) is 16.6. The zero-order valence-electron chi connectivity index (χ0n) is 14.2. The summed E-state index contributed by atoms with van der Waals surface area (Å²) in [5.74, 6) is 0.238. The lowest BCUT2D eigenvalue weighted by Gasteiger charge is -2.49. The predicted octanol–water partition coefficient (Wildman–Crippen LogP) is 1.24. The Morgan fingerprint density at radius 2 is 1.83 bits per heavy atom. The molecule has 0 radical (unpaired) electrons. The van der Waals surface area contributed by atoms with Crippen molar-refractivity contribution in [1.29, 1.82) is 0 Å². The lowest BCUT2D eigenvalue weighted by molar-refractivity contribution is -0.141. The second-order valence-corrected chi connectivity index (χ2v) is 7.33. The molecule has 0 saturated carbocycles. The van der Waals surface area contributed by atoms with E-state index in [1.165, 1.54) is 5.56 Å². The second-order valence-electron chi connectivity index (χ2n) is 7.33. The van der Waals surface area contributed by atoms with Gasteiger partial charge < -0.3 is 15.1 Å². The number of piperidine rings is 2. The smallest absolute Gasteiger partial charge is 0.222 e. The van der Waals surface area contributed by atoms with Gasteiger partial charge in [-0.2, -0.15) is 0 Å². The normalized spacial score (nSPS) is 25.6. The van der Waals surface area contributed by atoms with Crippen molar-refractivity contribution in [3.8, 4) is 0 Å². The number of hydrogen-bond acceptors (Lipinski definition) is 4. The van der Waals surface area contributed by atoms with Gasteiger partial charge in [0.2, 0.25) is 5.91 Å². The van der Waals surface area contributed by atoms with Crippen LogP contribution in [0.2, 0.25) is 0 Å². The standard InChI is InChI=1S/C19H28N2O3/c22-12-17(13-23)20-10-4-8-19(14-20)9-7-18(24)21(15-19)11-16-5-2-1-3-6-16/h1-3,5-6,17,22-23H,4,7-15H2/t19-/m0/s1. The quantitative estimate of drug-likeness (QED) is 0.852. The topological polar surface area (TPSA) is 64.0 Å². The summed E-state index contributed by atoms with van der Waals surface area (Å²) in [6.45, 7) is 3.20. The number of aliphatic hydroxyl groups is 2. The number of rotatable bonds is 5. The van der Waals surface area contributed by atoms with Crippen molar-refractivity contribution in [2.75, 3.05) is 32.8 Å². The Bertz CT molecular complexity index is 547. The molecular formula is C19H28N2O3. The van der Waals surface area contributed by atoms with Crippen molar-refractivity contribution in [3.63, 3.8) is 0 Å². The SMILES string of the molecule is O=C1CC[C@]2(CCCN(C(CO)CO)C2)CN1Cc1ccccc1. The number of amides is 1.